The van der Waals surface area contributed by atoms with Crippen LogP contribution in [0.4, 0.5) is 5.69 Å². The van der Waals surface area contributed by atoms with Gasteiger partial charge >= 0.3 is 0 Å². The quantitative estimate of drug-likeness (QED) is 0.768. The summed E-state index contributed by atoms with van der Waals surface area (Å²) >= 11 is 3.13. The molecule has 0 bridgehead atoms. The Balaban J connectivity index is 1.73. The van der Waals surface area contributed by atoms with Crippen molar-refractivity contribution in [1.29, 1.82) is 0 Å². The van der Waals surface area contributed by atoms with Crippen LogP contribution in [0.5, 0.6) is 0 Å². The van der Waals surface area contributed by atoms with Crippen molar-refractivity contribution < 1.29 is 4.79 Å². The maximum absolute atomic E-state index is 12.3. The topological polar surface area (TPSA) is 55.1 Å². The van der Waals surface area contributed by atoms with Gasteiger partial charge in [0.05, 0.1) is 5.69 Å². The van der Waals surface area contributed by atoms with E-state index in [1.165, 1.54) is 22.5 Å². The normalized spacial score (nSPS) is 10.9. The fourth-order valence-electron chi connectivity index (χ4n) is 2.23. The molecule has 0 aliphatic carbocycles. The van der Waals surface area contributed by atoms with E-state index in [0.717, 1.165) is 16.5 Å². The number of benzene rings is 1. The molecule has 0 radical (unpaired) electrons. The molecular formula is C16H16N2OS2. The average Bonchev–Trinajstić information content (AvgIpc) is 3.07. The van der Waals surface area contributed by atoms with Crippen molar-refractivity contribution in [3.63, 3.8) is 0 Å². The molecule has 108 valence electrons. The third-order valence-electron chi connectivity index (χ3n) is 3.37. The van der Waals surface area contributed by atoms with E-state index in [2.05, 4.69) is 22.8 Å². The first-order chi connectivity index (χ1) is 10.1. The van der Waals surface area contributed by atoms with Gasteiger partial charge in [-0.05, 0) is 47.4 Å². The summed E-state index contributed by atoms with van der Waals surface area (Å²) in [5.41, 5.74) is 9.12. The smallest absolute Gasteiger partial charge is 0.263 e. The van der Waals surface area contributed by atoms with Crippen LogP contribution in [0.3, 0.4) is 0 Å². The lowest BCUT2D eigenvalue weighted by molar-refractivity contribution is 0.0959. The highest BCUT2D eigenvalue weighted by Crippen LogP contribution is 2.34. The van der Waals surface area contributed by atoms with Crippen LogP contribution in [0.2, 0.25) is 0 Å². The highest BCUT2D eigenvalue weighted by atomic mass is 32.1. The summed E-state index contributed by atoms with van der Waals surface area (Å²) in [5, 5.41) is 8.06. The Labute approximate surface area is 131 Å². The number of carbonyl (C=O) groups is 1. The first-order valence-corrected chi connectivity index (χ1v) is 8.49. The molecule has 2 aromatic heterocycles. The van der Waals surface area contributed by atoms with Crippen LogP contribution in [0.25, 0.3) is 10.1 Å². The molecule has 3 aromatic rings. The fraction of sp³-hybridized carbons (Fsp3) is 0.188. The number of nitrogens with one attached hydrogen (secondary N) is 1. The Bertz CT molecular complexity index is 775. The van der Waals surface area contributed by atoms with Crippen LogP contribution in [-0.4, -0.2) is 12.5 Å². The Morgan fingerprint density at radius 1 is 1.33 bits per heavy atom. The number of nitrogens with two attached hydrogens (primary N) is 1. The van der Waals surface area contributed by atoms with Gasteiger partial charge in [-0.1, -0.05) is 12.1 Å². The first-order valence-electron chi connectivity index (χ1n) is 6.73. The summed E-state index contributed by atoms with van der Waals surface area (Å²) in [6.07, 6.45) is 0.846. The van der Waals surface area contributed by atoms with Gasteiger partial charge in [-0.2, -0.15) is 11.3 Å². The number of anilines is 1. The highest BCUT2D eigenvalue weighted by Gasteiger charge is 2.15. The predicted molar refractivity (Wildman–Crippen MR) is 91.3 cm³/mol. The Morgan fingerprint density at radius 3 is 2.95 bits per heavy atom. The van der Waals surface area contributed by atoms with E-state index in [9.17, 15) is 4.79 Å². The van der Waals surface area contributed by atoms with Crippen LogP contribution in [-0.2, 0) is 6.42 Å². The van der Waals surface area contributed by atoms with Crippen LogP contribution >= 0.6 is 22.7 Å². The SMILES string of the molecule is Cc1ccc2c(N)c(C(=O)NCCc3ccsc3)sc2c1. The van der Waals surface area contributed by atoms with Gasteiger partial charge in [0.25, 0.3) is 5.91 Å². The van der Waals surface area contributed by atoms with Gasteiger partial charge in [0.1, 0.15) is 4.88 Å². The van der Waals surface area contributed by atoms with E-state index in [4.69, 9.17) is 5.73 Å². The molecule has 2 heterocycles. The summed E-state index contributed by atoms with van der Waals surface area (Å²) < 4.78 is 1.07. The number of nitrogen functional groups attached to an aromatic ring is 1. The fourth-order valence-corrected chi connectivity index (χ4v) is 4.07. The number of hydrogen-bond donors (Lipinski definition) is 2. The number of rotatable bonds is 4. The van der Waals surface area contributed by atoms with Crippen molar-refractivity contribution in [2.45, 2.75) is 13.3 Å². The van der Waals surface area contributed by atoms with Gasteiger partial charge in [-0.25, -0.2) is 0 Å². The summed E-state index contributed by atoms with van der Waals surface area (Å²) in [6.45, 7) is 2.66. The van der Waals surface area contributed by atoms with E-state index in [0.29, 0.717) is 17.1 Å². The van der Waals surface area contributed by atoms with Crippen molar-refractivity contribution in [3.05, 3.63) is 51.0 Å². The molecule has 21 heavy (non-hydrogen) atoms. The monoisotopic (exact) mass is 316 g/mol. The molecule has 5 heteroatoms. The van der Waals surface area contributed by atoms with E-state index >= 15 is 0 Å². The van der Waals surface area contributed by atoms with Crippen LogP contribution in [0.15, 0.2) is 35.0 Å². The van der Waals surface area contributed by atoms with Gasteiger partial charge in [-0.15, -0.1) is 11.3 Å². The van der Waals surface area contributed by atoms with Gasteiger partial charge < -0.3 is 11.1 Å². The van der Waals surface area contributed by atoms with Crippen molar-refractivity contribution >= 4 is 44.4 Å². The van der Waals surface area contributed by atoms with Crippen LogP contribution in [0.1, 0.15) is 20.8 Å². The van der Waals surface area contributed by atoms with Gasteiger partial charge in [-0.3, -0.25) is 4.79 Å². The summed E-state index contributed by atoms with van der Waals surface area (Å²) in [4.78, 5) is 12.9. The summed E-state index contributed by atoms with van der Waals surface area (Å²) in [6, 6.07) is 8.15. The van der Waals surface area contributed by atoms with Gasteiger partial charge in [0.15, 0.2) is 0 Å². The Hall–Kier alpha value is -1.85. The number of hydrogen-bond acceptors (Lipinski definition) is 4. The van der Waals surface area contributed by atoms with Crippen molar-refractivity contribution in [1.82, 2.24) is 5.32 Å². The molecule has 0 aliphatic heterocycles. The number of aryl methyl sites for hydroxylation is 1. The molecule has 1 amide bonds. The minimum absolute atomic E-state index is 0.0819. The van der Waals surface area contributed by atoms with E-state index in [-0.39, 0.29) is 5.91 Å². The van der Waals surface area contributed by atoms with Crippen molar-refractivity contribution in [2.75, 3.05) is 12.3 Å². The second kappa shape index (κ2) is 5.87. The molecule has 3 rings (SSSR count). The second-order valence-corrected chi connectivity index (χ2v) is 6.81. The zero-order chi connectivity index (χ0) is 14.8. The molecule has 0 atom stereocenters. The van der Waals surface area contributed by atoms with E-state index < -0.39 is 0 Å². The minimum atomic E-state index is -0.0819. The average molecular weight is 316 g/mol. The third kappa shape index (κ3) is 2.94. The van der Waals surface area contributed by atoms with Crippen molar-refractivity contribution in [3.8, 4) is 0 Å². The molecule has 3 nitrogen and oxygen atoms in total. The maximum Gasteiger partial charge on any atom is 0.263 e. The lowest BCUT2D eigenvalue weighted by Gasteiger charge is -2.03. The Kier molecular flexibility index (Phi) is 3.94. The van der Waals surface area contributed by atoms with E-state index in [1.807, 2.05) is 24.4 Å². The minimum Gasteiger partial charge on any atom is -0.397 e. The molecule has 0 saturated carbocycles. The largest absolute Gasteiger partial charge is 0.397 e. The third-order valence-corrected chi connectivity index (χ3v) is 5.27. The summed E-state index contributed by atoms with van der Waals surface area (Å²) in [5.74, 6) is -0.0819. The molecule has 3 N–H and O–H groups in total. The van der Waals surface area contributed by atoms with E-state index in [1.54, 1.807) is 11.3 Å². The molecule has 1 aromatic carbocycles. The zero-order valence-corrected chi connectivity index (χ0v) is 13.3. The van der Waals surface area contributed by atoms with Crippen LogP contribution in [0, 0.1) is 6.92 Å². The lowest BCUT2D eigenvalue weighted by Crippen LogP contribution is -2.25. The van der Waals surface area contributed by atoms with Crippen LogP contribution < -0.4 is 11.1 Å². The second-order valence-electron chi connectivity index (χ2n) is 4.98. The number of fused-ring (bicyclic) bond motifs is 1. The lowest BCUT2D eigenvalue weighted by atomic mass is 10.1. The standard InChI is InChI=1S/C16H16N2OS2/c1-10-2-3-12-13(8-10)21-15(14(12)17)16(19)18-6-4-11-5-7-20-9-11/h2-3,5,7-9H,4,6,17H2,1H3,(H,18,19). The molecule has 0 saturated heterocycles. The Morgan fingerprint density at radius 2 is 2.19 bits per heavy atom. The predicted octanol–water partition coefficient (Wildman–Crippen LogP) is 3.83. The van der Waals surface area contributed by atoms with Crippen molar-refractivity contribution in [2.24, 2.45) is 0 Å². The zero-order valence-electron chi connectivity index (χ0n) is 11.7. The van der Waals surface area contributed by atoms with Gasteiger partial charge in [0.2, 0.25) is 0 Å². The van der Waals surface area contributed by atoms with Gasteiger partial charge in [0, 0.05) is 16.6 Å². The number of thiophene rings is 2. The molecule has 0 unspecified atom stereocenters. The maximum atomic E-state index is 12.3. The first kappa shape index (κ1) is 14.1. The molecule has 0 aliphatic rings. The highest BCUT2D eigenvalue weighted by molar-refractivity contribution is 7.21. The molecule has 0 spiro atoms. The number of amides is 1. The molecule has 0 fully saturated rings. The number of carbonyl (C=O) groups excluding carboxylic acids is 1. The molecular weight excluding hydrogens is 300 g/mol. The summed E-state index contributed by atoms with van der Waals surface area (Å²) in [7, 11) is 0.